The van der Waals surface area contributed by atoms with Crippen molar-refractivity contribution < 1.29 is 17.9 Å². The highest BCUT2D eigenvalue weighted by atomic mass is 19.4. The second-order valence-electron chi connectivity index (χ2n) is 5.44. The fraction of sp³-hybridized carbons (Fsp3) is 0.375. The van der Waals surface area contributed by atoms with Crippen LogP contribution in [0.25, 0.3) is 0 Å². The van der Waals surface area contributed by atoms with Crippen molar-refractivity contribution in [1.82, 2.24) is 9.97 Å². The molecule has 0 spiro atoms. The average molecular weight is 323 g/mol. The van der Waals surface area contributed by atoms with Crippen LogP contribution in [0.4, 0.5) is 24.8 Å². The Hall–Kier alpha value is -2.31. The van der Waals surface area contributed by atoms with Gasteiger partial charge in [-0.1, -0.05) is 0 Å². The molecule has 2 aromatic rings. The van der Waals surface area contributed by atoms with E-state index < -0.39 is 11.9 Å². The number of aromatic nitrogens is 2. The summed E-state index contributed by atoms with van der Waals surface area (Å²) in [5.41, 5.74) is -0.376. The number of nitrogens with one attached hydrogen (secondary N) is 1. The van der Waals surface area contributed by atoms with Crippen molar-refractivity contribution in [1.29, 1.82) is 0 Å². The SMILES string of the molecule is FC(F)(F)c1ccnc(Nc2ccc(OC3CCCC3)cc2)n1. The summed E-state index contributed by atoms with van der Waals surface area (Å²) in [6.07, 6.45) is 1.37. The molecule has 23 heavy (non-hydrogen) atoms. The fourth-order valence-electron chi connectivity index (χ4n) is 2.52. The van der Waals surface area contributed by atoms with E-state index in [1.54, 1.807) is 24.3 Å². The molecule has 0 atom stereocenters. The predicted molar refractivity (Wildman–Crippen MR) is 79.6 cm³/mol. The molecule has 1 aromatic carbocycles. The zero-order valence-corrected chi connectivity index (χ0v) is 12.3. The van der Waals surface area contributed by atoms with Gasteiger partial charge in [0.2, 0.25) is 5.95 Å². The molecule has 0 aliphatic heterocycles. The van der Waals surface area contributed by atoms with Crippen LogP contribution in [-0.4, -0.2) is 16.1 Å². The smallest absolute Gasteiger partial charge is 0.433 e. The Labute approximate surface area is 131 Å². The van der Waals surface area contributed by atoms with Crippen molar-refractivity contribution >= 4 is 11.6 Å². The van der Waals surface area contributed by atoms with Gasteiger partial charge in [0.1, 0.15) is 11.4 Å². The van der Waals surface area contributed by atoms with Gasteiger partial charge in [-0.2, -0.15) is 13.2 Å². The summed E-state index contributed by atoms with van der Waals surface area (Å²) in [4.78, 5) is 7.27. The van der Waals surface area contributed by atoms with Crippen molar-refractivity contribution in [2.24, 2.45) is 0 Å². The predicted octanol–water partition coefficient (Wildman–Crippen LogP) is 4.56. The van der Waals surface area contributed by atoms with Crippen LogP contribution < -0.4 is 10.1 Å². The molecule has 1 N–H and O–H groups in total. The zero-order chi connectivity index (χ0) is 16.3. The first-order valence-electron chi connectivity index (χ1n) is 7.45. The summed E-state index contributed by atoms with van der Waals surface area (Å²) in [6.45, 7) is 0. The minimum Gasteiger partial charge on any atom is -0.490 e. The van der Waals surface area contributed by atoms with Gasteiger partial charge in [-0.05, 0) is 56.0 Å². The third-order valence-electron chi connectivity index (χ3n) is 3.66. The Kier molecular flexibility index (Phi) is 4.36. The van der Waals surface area contributed by atoms with Gasteiger partial charge >= 0.3 is 6.18 Å². The van der Waals surface area contributed by atoms with Gasteiger partial charge in [0.25, 0.3) is 0 Å². The fourth-order valence-corrected chi connectivity index (χ4v) is 2.52. The van der Waals surface area contributed by atoms with E-state index in [2.05, 4.69) is 15.3 Å². The Bertz CT molecular complexity index is 652. The molecule has 1 aromatic heterocycles. The Morgan fingerprint density at radius 2 is 1.74 bits per heavy atom. The van der Waals surface area contributed by atoms with Gasteiger partial charge in [-0.15, -0.1) is 0 Å². The normalized spacial score (nSPS) is 15.6. The molecule has 3 rings (SSSR count). The van der Waals surface area contributed by atoms with Gasteiger partial charge in [0, 0.05) is 11.9 Å². The standard InChI is InChI=1S/C16H16F3N3O/c17-16(18,19)14-9-10-20-15(22-14)21-11-5-7-13(8-6-11)23-12-3-1-2-4-12/h5-10,12H,1-4H2,(H,20,21,22). The lowest BCUT2D eigenvalue weighted by atomic mass is 10.3. The molecular formula is C16H16F3N3O. The van der Waals surface area contributed by atoms with Crippen LogP contribution in [0.5, 0.6) is 5.75 Å². The second kappa shape index (κ2) is 6.44. The summed E-state index contributed by atoms with van der Waals surface area (Å²) in [5.74, 6) is 0.664. The third kappa shape index (κ3) is 4.12. The summed E-state index contributed by atoms with van der Waals surface area (Å²) >= 11 is 0. The maximum Gasteiger partial charge on any atom is 0.433 e. The van der Waals surface area contributed by atoms with E-state index in [-0.39, 0.29) is 12.1 Å². The summed E-state index contributed by atoms with van der Waals surface area (Å²) < 4.78 is 43.7. The molecule has 1 fully saturated rings. The van der Waals surface area contributed by atoms with E-state index in [0.29, 0.717) is 5.69 Å². The zero-order valence-electron chi connectivity index (χ0n) is 12.3. The number of benzene rings is 1. The average Bonchev–Trinajstić information content (AvgIpc) is 3.02. The minimum absolute atomic E-state index is 0.0933. The van der Waals surface area contributed by atoms with E-state index in [4.69, 9.17) is 4.74 Å². The van der Waals surface area contributed by atoms with Crippen LogP contribution in [0, 0.1) is 0 Å². The number of rotatable bonds is 4. The highest BCUT2D eigenvalue weighted by molar-refractivity contribution is 5.54. The lowest BCUT2D eigenvalue weighted by Crippen LogP contribution is -2.11. The topological polar surface area (TPSA) is 47.0 Å². The molecule has 7 heteroatoms. The molecular weight excluding hydrogens is 307 g/mol. The van der Waals surface area contributed by atoms with Crippen molar-refractivity contribution in [3.63, 3.8) is 0 Å². The van der Waals surface area contributed by atoms with Crippen LogP contribution in [0.1, 0.15) is 31.4 Å². The second-order valence-corrected chi connectivity index (χ2v) is 5.44. The minimum atomic E-state index is -4.49. The first-order valence-corrected chi connectivity index (χ1v) is 7.45. The Morgan fingerprint density at radius 1 is 1.04 bits per heavy atom. The Morgan fingerprint density at radius 3 is 2.39 bits per heavy atom. The van der Waals surface area contributed by atoms with Crippen LogP contribution >= 0.6 is 0 Å². The molecule has 122 valence electrons. The molecule has 1 aliphatic rings. The lowest BCUT2D eigenvalue weighted by Gasteiger charge is -2.13. The molecule has 0 bridgehead atoms. The summed E-state index contributed by atoms with van der Waals surface area (Å²) in [7, 11) is 0. The highest BCUT2D eigenvalue weighted by Crippen LogP contribution is 2.28. The first-order chi connectivity index (χ1) is 11.0. The molecule has 0 unspecified atom stereocenters. The number of nitrogens with zero attached hydrogens (tertiary/aromatic N) is 2. The van der Waals surface area contributed by atoms with Gasteiger partial charge in [0.05, 0.1) is 6.10 Å². The van der Waals surface area contributed by atoms with Crippen molar-refractivity contribution in [3.05, 3.63) is 42.2 Å². The summed E-state index contributed by atoms with van der Waals surface area (Å²) in [5, 5.41) is 2.76. The Balaban J connectivity index is 1.66. The molecule has 4 nitrogen and oxygen atoms in total. The maximum atomic E-state index is 12.6. The van der Waals surface area contributed by atoms with E-state index in [9.17, 15) is 13.2 Å². The number of hydrogen-bond donors (Lipinski definition) is 1. The largest absolute Gasteiger partial charge is 0.490 e. The summed E-state index contributed by atoms with van der Waals surface area (Å²) in [6, 6.07) is 7.87. The quantitative estimate of drug-likeness (QED) is 0.896. The molecule has 1 aliphatic carbocycles. The molecule has 0 radical (unpaired) electrons. The van der Waals surface area contributed by atoms with Gasteiger partial charge in [-0.3, -0.25) is 0 Å². The third-order valence-corrected chi connectivity index (χ3v) is 3.66. The van der Waals surface area contributed by atoms with E-state index >= 15 is 0 Å². The maximum absolute atomic E-state index is 12.6. The number of anilines is 2. The van der Waals surface area contributed by atoms with Gasteiger partial charge in [0.15, 0.2) is 0 Å². The van der Waals surface area contributed by atoms with Crippen molar-refractivity contribution in [3.8, 4) is 5.75 Å². The lowest BCUT2D eigenvalue weighted by molar-refractivity contribution is -0.141. The van der Waals surface area contributed by atoms with Crippen LogP contribution in [0.2, 0.25) is 0 Å². The van der Waals surface area contributed by atoms with Crippen LogP contribution in [0.15, 0.2) is 36.5 Å². The van der Waals surface area contributed by atoms with Crippen LogP contribution in [-0.2, 0) is 6.18 Å². The van der Waals surface area contributed by atoms with E-state index in [0.717, 1.165) is 30.9 Å². The van der Waals surface area contributed by atoms with E-state index in [1.165, 1.54) is 12.8 Å². The van der Waals surface area contributed by atoms with Crippen molar-refractivity contribution in [2.75, 3.05) is 5.32 Å². The molecule has 0 amide bonds. The number of alkyl halides is 3. The number of hydrogen-bond acceptors (Lipinski definition) is 4. The first kappa shape index (κ1) is 15.6. The number of ether oxygens (including phenoxy) is 1. The van der Waals surface area contributed by atoms with Crippen molar-refractivity contribution in [2.45, 2.75) is 38.0 Å². The van der Waals surface area contributed by atoms with Gasteiger partial charge < -0.3 is 10.1 Å². The molecule has 1 saturated carbocycles. The van der Waals surface area contributed by atoms with Crippen LogP contribution in [0.3, 0.4) is 0 Å². The van der Waals surface area contributed by atoms with E-state index in [1.807, 2.05) is 0 Å². The monoisotopic (exact) mass is 323 g/mol. The van der Waals surface area contributed by atoms with Gasteiger partial charge in [-0.25, -0.2) is 9.97 Å². The molecule has 0 saturated heterocycles. The highest BCUT2D eigenvalue weighted by Gasteiger charge is 2.32. The molecule has 1 heterocycles. The number of halogens is 3.